The lowest BCUT2D eigenvalue weighted by molar-refractivity contribution is -0.274. The predicted molar refractivity (Wildman–Crippen MR) is 74.4 cm³/mol. The molecule has 1 aromatic heterocycles. The molecule has 6 nitrogen and oxygen atoms in total. The number of benzene rings is 1. The minimum Gasteiger partial charge on any atom is -0.406 e. The Kier molecular flexibility index (Phi) is 4.87. The summed E-state index contributed by atoms with van der Waals surface area (Å²) in [6, 6.07) is 4.40. The maximum atomic E-state index is 12.1. The van der Waals surface area contributed by atoms with E-state index in [-0.39, 0.29) is 17.7 Å². The van der Waals surface area contributed by atoms with E-state index < -0.39 is 12.4 Å². The summed E-state index contributed by atoms with van der Waals surface area (Å²) >= 11 is 0. The van der Waals surface area contributed by atoms with E-state index in [1.807, 2.05) is 0 Å². The Balaban J connectivity index is 1.97. The van der Waals surface area contributed by atoms with Crippen LogP contribution < -0.4 is 10.1 Å². The normalized spacial score (nSPS) is 14.1. The Hall–Kier alpha value is -2.58. The van der Waals surface area contributed by atoms with Crippen LogP contribution in [-0.2, 0) is 4.79 Å². The zero-order chi connectivity index (χ0) is 17.0. The highest BCUT2D eigenvalue weighted by molar-refractivity contribution is 5.80. The fourth-order valence-electron chi connectivity index (χ4n) is 1.91. The van der Waals surface area contributed by atoms with E-state index in [0.717, 1.165) is 0 Å². The first-order valence-electron chi connectivity index (χ1n) is 6.76. The smallest absolute Gasteiger partial charge is 0.406 e. The number of hydrogen-bond acceptors (Lipinski definition) is 4. The summed E-state index contributed by atoms with van der Waals surface area (Å²) in [4.78, 5) is 15.9. The number of alkyl halides is 3. The van der Waals surface area contributed by atoms with Gasteiger partial charge in [0.15, 0.2) is 0 Å². The van der Waals surface area contributed by atoms with E-state index >= 15 is 0 Å². The number of ether oxygens (including phenoxy) is 1. The fraction of sp³-hybridized carbons (Fsp3) is 0.357. The van der Waals surface area contributed by atoms with Gasteiger partial charge in [-0.1, -0.05) is 12.1 Å². The van der Waals surface area contributed by atoms with E-state index in [1.54, 1.807) is 13.8 Å². The molecule has 1 N–H and O–H groups in total. The van der Waals surface area contributed by atoms with Gasteiger partial charge < -0.3 is 10.1 Å². The van der Waals surface area contributed by atoms with Crippen molar-refractivity contribution in [3.63, 3.8) is 0 Å². The Bertz CT molecular complexity index is 641. The van der Waals surface area contributed by atoms with Crippen molar-refractivity contribution in [2.75, 3.05) is 0 Å². The third-order valence-corrected chi connectivity index (χ3v) is 3.19. The quantitative estimate of drug-likeness (QED) is 0.916. The van der Waals surface area contributed by atoms with Crippen LogP contribution in [0.4, 0.5) is 13.2 Å². The lowest BCUT2D eigenvalue weighted by Crippen LogP contribution is -2.33. The van der Waals surface area contributed by atoms with E-state index in [2.05, 4.69) is 20.1 Å². The Morgan fingerprint density at radius 3 is 2.43 bits per heavy atom. The molecule has 2 atom stereocenters. The third-order valence-electron chi connectivity index (χ3n) is 3.19. The molecular formula is C14H15F3N4O2. The van der Waals surface area contributed by atoms with E-state index in [0.29, 0.717) is 5.56 Å². The monoisotopic (exact) mass is 328 g/mol. The average molecular weight is 328 g/mol. The highest BCUT2D eigenvalue weighted by atomic mass is 19.4. The second kappa shape index (κ2) is 6.67. The number of carbonyl (C=O) groups is 1. The standard InChI is InChI=1S/C14H15F3N4O2/c1-9(20-13(22)10(2)21-8-18-7-19-21)11-3-5-12(6-4-11)23-14(15,16)17/h3-10H,1-2H3,(H,20,22). The molecule has 0 fully saturated rings. The van der Waals surface area contributed by atoms with Crippen molar-refractivity contribution in [1.82, 2.24) is 20.1 Å². The summed E-state index contributed by atoms with van der Waals surface area (Å²) in [5, 5.41) is 6.65. The maximum absolute atomic E-state index is 12.1. The molecule has 0 aliphatic heterocycles. The minimum atomic E-state index is -4.73. The van der Waals surface area contributed by atoms with Crippen molar-refractivity contribution in [1.29, 1.82) is 0 Å². The lowest BCUT2D eigenvalue weighted by Gasteiger charge is -2.18. The maximum Gasteiger partial charge on any atom is 0.573 e. The molecular weight excluding hydrogens is 313 g/mol. The summed E-state index contributed by atoms with van der Waals surface area (Å²) in [5.74, 6) is -0.589. The van der Waals surface area contributed by atoms with Crippen LogP contribution in [-0.4, -0.2) is 27.0 Å². The molecule has 23 heavy (non-hydrogen) atoms. The van der Waals surface area contributed by atoms with Crippen molar-refractivity contribution in [2.45, 2.75) is 32.3 Å². The van der Waals surface area contributed by atoms with Gasteiger partial charge in [0.25, 0.3) is 0 Å². The SMILES string of the molecule is CC(NC(=O)C(C)n1cncn1)c1ccc(OC(F)(F)F)cc1. The van der Waals surface area contributed by atoms with Gasteiger partial charge in [0.2, 0.25) is 5.91 Å². The van der Waals surface area contributed by atoms with Crippen molar-refractivity contribution >= 4 is 5.91 Å². The molecule has 124 valence electrons. The number of nitrogens with zero attached hydrogens (tertiary/aromatic N) is 3. The molecule has 0 aliphatic carbocycles. The topological polar surface area (TPSA) is 69.0 Å². The molecule has 2 unspecified atom stereocenters. The lowest BCUT2D eigenvalue weighted by atomic mass is 10.1. The van der Waals surface area contributed by atoms with Crippen LogP contribution in [0.25, 0.3) is 0 Å². The van der Waals surface area contributed by atoms with Crippen LogP contribution >= 0.6 is 0 Å². The Morgan fingerprint density at radius 1 is 1.26 bits per heavy atom. The zero-order valence-corrected chi connectivity index (χ0v) is 12.4. The van der Waals surface area contributed by atoms with Crippen LogP contribution in [0.5, 0.6) is 5.75 Å². The highest BCUT2D eigenvalue weighted by Crippen LogP contribution is 2.24. The van der Waals surface area contributed by atoms with Crippen LogP contribution in [0, 0.1) is 0 Å². The molecule has 9 heteroatoms. The van der Waals surface area contributed by atoms with Gasteiger partial charge in [0.1, 0.15) is 24.4 Å². The second-order valence-electron chi connectivity index (χ2n) is 4.90. The van der Waals surface area contributed by atoms with Gasteiger partial charge in [-0.2, -0.15) is 5.10 Å². The Labute approximate surface area is 130 Å². The molecule has 2 rings (SSSR count). The highest BCUT2D eigenvalue weighted by Gasteiger charge is 2.31. The largest absolute Gasteiger partial charge is 0.573 e. The van der Waals surface area contributed by atoms with Crippen molar-refractivity contribution in [3.05, 3.63) is 42.5 Å². The molecule has 0 saturated heterocycles. The number of carbonyl (C=O) groups excluding carboxylic acids is 1. The predicted octanol–water partition coefficient (Wildman–Crippen LogP) is 2.62. The average Bonchev–Trinajstić information content (AvgIpc) is 2.99. The summed E-state index contributed by atoms with van der Waals surface area (Å²) < 4.78 is 41.5. The first-order chi connectivity index (χ1) is 10.8. The molecule has 2 aromatic rings. The van der Waals surface area contributed by atoms with Crippen LogP contribution in [0.2, 0.25) is 0 Å². The third kappa shape index (κ3) is 4.70. The summed E-state index contributed by atoms with van der Waals surface area (Å²) in [5.41, 5.74) is 0.652. The fourth-order valence-corrected chi connectivity index (χ4v) is 1.91. The van der Waals surface area contributed by atoms with Gasteiger partial charge in [0.05, 0.1) is 6.04 Å². The van der Waals surface area contributed by atoms with Crippen molar-refractivity contribution in [2.24, 2.45) is 0 Å². The van der Waals surface area contributed by atoms with Gasteiger partial charge in [-0.25, -0.2) is 9.67 Å². The molecule has 1 heterocycles. The molecule has 0 radical (unpaired) electrons. The first kappa shape index (κ1) is 16.8. The van der Waals surface area contributed by atoms with Gasteiger partial charge in [0, 0.05) is 0 Å². The molecule has 0 bridgehead atoms. The summed E-state index contributed by atoms with van der Waals surface area (Å²) in [6.07, 6.45) is -1.97. The van der Waals surface area contributed by atoms with Gasteiger partial charge in [-0.3, -0.25) is 4.79 Å². The Morgan fingerprint density at radius 2 is 1.91 bits per heavy atom. The number of aromatic nitrogens is 3. The molecule has 1 aromatic carbocycles. The number of halogens is 3. The van der Waals surface area contributed by atoms with Gasteiger partial charge in [-0.05, 0) is 31.5 Å². The molecule has 1 amide bonds. The van der Waals surface area contributed by atoms with Gasteiger partial charge >= 0.3 is 6.36 Å². The summed E-state index contributed by atoms with van der Waals surface area (Å²) in [7, 11) is 0. The number of hydrogen-bond donors (Lipinski definition) is 1. The van der Waals surface area contributed by atoms with Crippen LogP contribution in [0.15, 0.2) is 36.9 Å². The number of nitrogens with one attached hydrogen (secondary N) is 1. The summed E-state index contributed by atoms with van der Waals surface area (Å²) in [6.45, 7) is 3.39. The number of amides is 1. The van der Waals surface area contributed by atoms with Crippen molar-refractivity contribution in [3.8, 4) is 5.75 Å². The van der Waals surface area contributed by atoms with E-state index in [4.69, 9.17) is 0 Å². The minimum absolute atomic E-state index is 0.279. The van der Waals surface area contributed by atoms with E-state index in [1.165, 1.54) is 41.6 Å². The zero-order valence-electron chi connectivity index (χ0n) is 12.4. The number of rotatable bonds is 5. The van der Waals surface area contributed by atoms with Crippen molar-refractivity contribution < 1.29 is 22.7 Å². The second-order valence-corrected chi connectivity index (χ2v) is 4.90. The van der Waals surface area contributed by atoms with E-state index in [9.17, 15) is 18.0 Å². The molecule has 0 aliphatic rings. The molecule has 0 spiro atoms. The van der Waals surface area contributed by atoms with Gasteiger partial charge in [-0.15, -0.1) is 13.2 Å². The van der Waals surface area contributed by atoms with Crippen LogP contribution in [0.1, 0.15) is 31.5 Å². The van der Waals surface area contributed by atoms with Crippen LogP contribution in [0.3, 0.4) is 0 Å². The first-order valence-corrected chi connectivity index (χ1v) is 6.76. The molecule has 0 saturated carbocycles.